The standard InChI is InChI=1S/C12H22O4/c1-3-6-15-11-8-10(2)16-12(13)5-4-7-14-9-11/h10-11H,3-9H2,1-2H3. The van der Waals surface area contributed by atoms with E-state index in [0.717, 1.165) is 19.4 Å². The third-order valence-electron chi connectivity index (χ3n) is 2.46. The van der Waals surface area contributed by atoms with Crippen LogP contribution in [0.2, 0.25) is 0 Å². The maximum Gasteiger partial charge on any atom is 0.306 e. The van der Waals surface area contributed by atoms with Crippen LogP contribution in [0.5, 0.6) is 0 Å². The number of hydrogen-bond acceptors (Lipinski definition) is 4. The number of rotatable bonds is 3. The Bertz CT molecular complexity index is 205. The van der Waals surface area contributed by atoms with Crippen LogP contribution in [0.1, 0.15) is 39.5 Å². The molecule has 1 heterocycles. The van der Waals surface area contributed by atoms with Gasteiger partial charge in [-0.15, -0.1) is 0 Å². The highest BCUT2D eigenvalue weighted by molar-refractivity contribution is 5.69. The molecule has 0 aliphatic carbocycles. The van der Waals surface area contributed by atoms with E-state index in [1.54, 1.807) is 0 Å². The number of carbonyl (C=O) groups excluding carboxylic acids is 1. The van der Waals surface area contributed by atoms with Crippen molar-refractivity contribution in [2.75, 3.05) is 19.8 Å². The first kappa shape index (κ1) is 13.5. The predicted octanol–water partition coefficient (Wildman–Crippen LogP) is 1.91. The lowest BCUT2D eigenvalue weighted by atomic mass is 10.1. The Morgan fingerprint density at radius 2 is 2.31 bits per heavy atom. The Balaban J connectivity index is 2.40. The van der Waals surface area contributed by atoms with Gasteiger partial charge in [-0.1, -0.05) is 6.92 Å². The van der Waals surface area contributed by atoms with E-state index in [4.69, 9.17) is 14.2 Å². The zero-order valence-electron chi connectivity index (χ0n) is 10.2. The van der Waals surface area contributed by atoms with Crippen LogP contribution in [-0.2, 0) is 19.0 Å². The molecule has 0 saturated carbocycles. The normalized spacial score (nSPS) is 28.5. The SMILES string of the molecule is CCCOC1COCCCC(=O)OC(C)C1. The van der Waals surface area contributed by atoms with Crippen LogP contribution in [0.15, 0.2) is 0 Å². The van der Waals surface area contributed by atoms with Crippen LogP contribution in [-0.4, -0.2) is 38.0 Å². The molecule has 2 atom stereocenters. The van der Waals surface area contributed by atoms with Crippen molar-refractivity contribution >= 4 is 5.97 Å². The topological polar surface area (TPSA) is 44.8 Å². The molecule has 0 aromatic carbocycles. The van der Waals surface area contributed by atoms with E-state index < -0.39 is 0 Å². The molecule has 4 heteroatoms. The number of cyclic esters (lactones) is 1. The van der Waals surface area contributed by atoms with Gasteiger partial charge >= 0.3 is 5.97 Å². The Hall–Kier alpha value is -0.610. The van der Waals surface area contributed by atoms with Crippen molar-refractivity contribution in [3.05, 3.63) is 0 Å². The lowest BCUT2D eigenvalue weighted by molar-refractivity contribution is -0.152. The highest BCUT2D eigenvalue weighted by Crippen LogP contribution is 2.11. The van der Waals surface area contributed by atoms with Crippen molar-refractivity contribution < 1.29 is 19.0 Å². The molecular formula is C12H22O4. The molecule has 4 nitrogen and oxygen atoms in total. The predicted molar refractivity (Wildman–Crippen MR) is 60.3 cm³/mol. The molecule has 1 saturated heterocycles. The highest BCUT2D eigenvalue weighted by atomic mass is 16.6. The average Bonchev–Trinajstić information content (AvgIpc) is 2.24. The Morgan fingerprint density at radius 1 is 1.50 bits per heavy atom. The summed E-state index contributed by atoms with van der Waals surface area (Å²) < 4.78 is 16.4. The summed E-state index contributed by atoms with van der Waals surface area (Å²) in [4.78, 5) is 11.3. The van der Waals surface area contributed by atoms with Gasteiger partial charge in [-0.2, -0.15) is 0 Å². The van der Waals surface area contributed by atoms with Crippen LogP contribution in [0.4, 0.5) is 0 Å². The molecule has 1 aliphatic rings. The third kappa shape index (κ3) is 5.47. The monoisotopic (exact) mass is 230 g/mol. The Kier molecular flexibility index (Phi) is 6.42. The van der Waals surface area contributed by atoms with Gasteiger partial charge in [-0.25, -0.2) is 0 Å². The van der Waals surface area contributed by atoms with Gasteiger partial charge in [-0.3, -0.25) is 4.79 Å². The molecule has 0 aromatic rings. The second kappa shape index (κ2) is 7.63. The van der Waals surface area contributed by atoms with Gasteiger partial charge in [0.1, 0.15) is 6.10 Å². The maximum atomic E-state index is 11.3. The minimum atomic E-state index is -0.132. The number of carbonyl (C=O) groups is 1. The quantitative estimate of drug-likeness (QED) is 0.695. The van der Waals surface area contributed by atoms with Gasteiger partial charge in [0.15, 0.2) is 0 Å². The molecule has 16 heavy (non-hydrogen) atoms. The minimum absolute atomic E-state index is 0.0425. The fourth-order valence-electron chi connectivity index (χ4n) is 1.70. The van der Waals surface area contributed by atoms with Gasteiger partial charge in [0.25, 0.3) is 0 Å². The van der Waals surface area contributed by atoms with Crippen LogP contribution in [0, 0.1) is 0 Å². The molecule has 0 N–H and O–H groups in total. The summed E-state index contributed by atoms with van der Waals surface area (Å²) in [6, 6.07) is 0. The molecule has 0 spiro atoms. The summed E-state index contributed by atoms with van der Waals surface area (Å²) in [5, 5.41) is 0. The molecule has 94 valence electrons. The smallest absolute Gasteiger partial charge is 0.306 e. The van der Waals surface area contributed by atoms with Crippen molar-refractivity contribution in [2.24, 2.45) is 0 Å². The molecule has 1 rings (SSSR count). The summed E-state index contributed by atoms with van der Waals surface area (Å²) in [6.45, 7) is 5.92. The molecule has 0 aromatic heterocycles. The lowest BCUT2D eigenvalue weighted by Gasteiger charge is -2.23. The molecule has 0 radical (unpaired) electrons. The zero-order chi connectivity index (χ0) is 11.8. The maximum absolute atomic E-state index is 11.3. The molecular weight excluding hydrogens is 208 g/mol. The van der Waals surface area contributed by atoms with Gasteiger partial charge in [-0.05, 0) is 19.8 Å². The summed E-state index contributed by atoms with van der Waals surface area (Å²) in [6.07, 6.45) is 2.84. The van der Waals surface area contributed by atoms with Crippen LogP contribution < -0.4 is 0 Å². The van der Waals surface area contributed by atoms with Crippen molar-refractivity contribution in [1.29, 1.82) is 0 Å². The van der Waals surface area contributed by atoms with E-state index in [1.807, 2.05) is 6.92 Å². The van der Waals surface area contributed by atoms with E-state index in [0.29, 0.717) is 26.1 Å². The Morgan fingerprint density at radius 3 is 3.06 bits per heavy atom. The van der Waals surface area contributed by atoms with Gasteiger partial charge in [0.2, 0.25) is 0 Å². The summed E-state index contributed by atoms with van der Waals surface area (Å²) in [7, 11) is 0. The molecule has 0 amide bonds. The second-order valence-electron chi connectivity index (χ2n) is 4.21. The Labute approximate surface area is 97.2 Å². The van der Waals surface area contributed by atoms with Crippen LogP contribution in [0.3, 0.4) is 0 Å². The van der Waals surface area contributed by atoms with Crippen molar-refractivity contribution in [2.45, 2.75) is 51.7 Å². The van der Waals surface area contributed by atoms with Gasteiger partial charge in [0.05, 0.1) is 12.7 Å². The second-order valence-corrected chi connectivity index (χ2v) is 4.21. The van der Waals surface area contributed by atoms with E-state index in [-0.39, 0.29) is 18.2 Å². The average molecular weight is 230 g/mol. The largest absolute Gasteiger partial charge is 0.463 e. The van der Waals surface area contributed by atoms with E-state index in [1.165, 1.54) is 0 Å². The fraction of sp³-hybridized carbons (Fsp3) is 0.917. The first-order valence-electron chi connectivity index (χ1n) is 6.11. The van der Waals surface area contributed by atoms with Crippen LogP contribution >= 0.6 is 0 Å². The van der Waals surface area contributed by atoms with E-state index in [9.17, 15) is 4.79 Å². The number of ether oxygens (including phenoxy) is 3. The minimum Gasteiger partial charge on any atom is -0.463 e. The van der Waals surface area contributed by atoms with Gasteiger partial charge in [0, 0.05) is 26.1 Å². The highest BCUT2D eigenvalue weighted by Gasteiger charge is 2.18. The lowest BCUT2D eigenvalue weighted by Crippen LogP contribution is -2.29. The molecule has 0 bridgehead atoms. The summed E-state index contributed by atoms with van der Waals surface area (Å²) in [5.41, 5.74) is 0. The number of hydrogen-bond donors (Lipinski definition) is 0. The van der Waals surface area contributed by atoms with Crippen molar-refractivity contribution in [1.82, 2.24) is 0 Å². The van der Waals surface area contributed by atoms with Crippen molar-refractivity contribution in [3.8, 4) is 0 Å². The molecule has 2 unspecified atom stereocenters. The van der Waals surface area contributed by atoms with Crippen LogP contribution in [0.25, 0.3) is 0 Å². The van der Waals surface area contributed by atoms with E-state index >= 15 is 0 Å². The first-order valence-corrected chi connectivity index (χ1v) is 6.11. The fourth-order valence-corrected chi connectivity index (χ4v) is 1.70. The third-order valence-corrected chi connectivity index (χ3v) is 2.46. The number of esters is 1. The van der Waals surface area contributed by atoms with Gasteiger partial charge < -0.3 is 14.2 Å². The summed E-state index contributed by atoms with van der Waals surface area (Å²) >= 11 is 0. The van der Waals surface area contributed by atoms with E-state index in [2.05, 4.69) is 6.92 Å². The first-order chi connectivity index (χ1) is 7.72. The summed E-state index contributed by atoms with van der Waals surface area (Å²) in [5.74, 6) is -0.132. The molecule has 1 aliphatic heterocycles. The van der Waals surface area contributed by atoms with Crippen molar-refractivity contribution in [3.63, 3.8) is 0 Å². The molecule has 1 fully saturated rings. The zero-order valence-corrected chi connectivity index (χ0v) is 10.2.